The minimum atomic E-state index is -0.178. The molecule has 5 heteroatoms. The number of aryl methyl sites for hydroxylation is 2. The molecule has 0 spiro atoms. The lowest BCUT2D eigenvalue weighted by atomic mass is 9.81. The smallest absolute Gasteiger partial charge is 0.226 e. The molecule has 1 aliphatic heterocycles. The van der Waals surface area contributed by atoms with Gasteiger partial charge in [-0.25, -0.2) is 4.68 Å². The largest absolute Gasteiger partial charge is 0.328 e. The van der Waals surface area contributed by atoms with Crippen LogP contribution in [0.2, 0.25) is 0 Å². The number of hydrogen-bond donors (Lipinski definition) is 1. The summed E-state index contributed by atoms with van der Waals surface area (Å²) in [4.78, 5) is 17.3. The number of nitrogens with one attached hydrogen (secondary N) is 1. The molecular weight excluding hydrogens is 288 g/mol. The standard InChI is InChI=1S/C18H20N4O/c1-10-5-4-6-13(7-10)17-16-14(8-11(2)9-15(16)23)20-18-19-12(3)21-22(17)18/h4-7,11,17H,8-9H2,1-3H3,(H,19,20,21)/t11-,17+/m1/s1. The molecule has 0 saturated carbocycles. The first-order valence-corrected chi connectivity index (χ1v) is 8.06. The summed E-state index contributed by atoms with van der Waals surface area (Å²) < 4.78 is 1.86. The topological polar surface area (TPSA) is 59.8 Å². The van der Waals surface area contributed by atoms with Gasteiger partial charge in [0.15, 0.2) is 5.78 Å². The van der Waals surface area contributed by atoms with Gasteiger partial charge >= 0.3 is 0 Å². The molecule has 0 fully saturated rings. The van der Waals surface area contributed by atoms with E-state index < -0.39 is 0 Å². The van der Waals surface area contributed by atoms with E-state index in [1.165, 1.54) is 5.56 Å². The summed E-state index contributed by atoms with van der Waals surface area (Å²) in [6.07, 6.45) is 1.49. The maximum absolute atomic E-state index is 12.8. The van der Waals surface area contributed by atoms with E-state index in [0.717, 1.165) is 29.2 Å². The van der Waals surface area contributed by atoms with Gasteiger partial charge in [0, 0.05) is 17.7 Å². The van der Waals surface area contributed by atoms with Crippen LogP contribution in [0.15, 0.2) is 35.5 Å². The third-order valence-electron chi connectivity index (χ3n) is 4.59. The molecule has 118 valence electrons. The Morgan fingerprint density at radius 1 is 1.26 bits per heavy atom. The van der Waals surface area contributed by atoms with Crippen LogP contribution in [0.4, 0.5) is 5.95 Å². The molecule has 1 N–H and O–H groups in total. The van der Waals surface area contributed by atoms with Crippen LogP contribution in [0.1, 0.15) is 42.8 Å². The van der Waals surface area contributed by atoms with E-state index in [9.17, 15) is 4.79 Å². The van der Waals surface area contributed by atoms with Gasteiger partial charge < -0.3 is 5.32 Å². The van der Waals surface area contributed by atoms with Crippen molar-refractivity contribution >= 4 is 11.7 Å². The number of anilines is 1. The second-order valence-corrected chi connectivity index (χ2v) is 6.70. The average Bonchev–Trinajstić information content (AvgIpc) is 2.84. The van der Waals surface area contributed by atoms with E-state index in [-0.39, 0.29) is 11.8 Å². The lowest BCUT2D eigenvalue weighted by Crippen LogP contribution is -2.33. The summed E-state index contributed by atoms with van der Waals surface area (Å²) in [5.41, 5.74) is 4.14. The number of fused-ring (bicyclic) bond motifs is 1. The van der Waals surface area contributed by atoms with Crippen molar-refractivity contribution in [3.8, 4) is 0 Å². The highest BCUT2D eigenvalue weighted by atomic mass is 16.1. The van der Waals surface area contributed by atoms with E-state index in [2.05, 4.69) is 47.4 Å². The Morgan fingerprint density at radius 2 is 2.09 bits per heavy atom. The second kappa shape index (κ2) is 5.05. The second-order valence-electron chi connectivity index (χ2n) is 6.70. The van der Waals surface area contributed by atoms with Crippen molar-refractivity contribution in [3.63, 3.8) is 0 Å². The maximum Gasteiger partial charge on any atom is 0.226 e. The van der Waals surface area contributed by atoms with E-state index in [0.29, 0.717) is 18.2 Å². The molecule has 2 atom stereocenters. The molecule has 0 radical (unpaired) electrons. The zero-order chi connectivity index (χ0) is 16.1. The zero-order valence-corrected chi connectivity index (χ0v) is 13.6. The van der Waals surface area contributed by atoms with Gasteiger partial charge in [0.25, 0.3) is 0 Å². The number of benzene rings is 1. The van der Waals surface area contributed by atoms with Crippen molar-refractivity contribution in [2.24, 2.45) is 5.92 Å². The fourth-order valence-electron chi connectivity index (χ4n) is 3.66. The van der Waals surface area contributed by atoms with Crippen LogP contribution in [0, 0.1) is 19.8 Å². The highest BCUT2D eigenvalue weighted by molar-refractivity contribution is 5.99. The number of carbonyl (C=O) groups excluding carboxylic acids is 1. The molecule has 2 aliphatic rings. The molecule has 5 nitrogen and oxygen atoms in total. The van der Waals surface area contributed by atoms with Crippen LogP contribution < -0.4 is 5.32 Å². The van der Waals surface area contributed by atoms with Gasteiger partial charge in [0.1, 0.15) is 11.9 Å². The average molecular weight is 308 g/mol. The quantitative estimate of drug-likeness (QED) is 0.879. The van der Waals surface area contributed by atoms with E-state index in [4.69, 9.17) is 0 Å². The lowest BCUT2D eigenvalue weighted by molar-refractivity contribution is -0.117. The van der Waals surface area contributed by atoms with Crippen molar-refractivity contribution in [2.75, 3.05) is 5.32 Å². The van der Waals surface area contributed by atoms with E-state index >= 15 is 0 Å². The zero-order valence-electron chi connectivity index (χ0n) is 13.6. The van der Waals surface area contributed by atoms with Crippen LogP contribution in [0.25, 0.3) is 0 Å². The van der Waals surface area contributed by atoms with Crippen molar-refractivity contribution in [2.45, 2.75) is 39.7 Å². The molecule has 23 heavy (non-hydrogen) atoms. The molecule has 2 aromatic rings. The predicted molar refractivity (Wildman–Crippen MR) is 88.1 cm³/mol. The number of carbonyl (C=O) groups is 1. The summed E-state index contributed by atoms with van der Waals surface area (Å²) in [6.45, 7) is 6.07. The normalized spacial score (nSPS) is 23.3. The van der Waals surface area contributed by atoms with Crippen molar-refractivity contribution in [1.29, 1.82) is 0 Å². The van der Waals surface area contributed by atoms with Gasteiger partial charge in [0.2, 0.25) is 5.95 Å². The van der Waals surface area contributed by atoms with E-state index in [1.54, 1.807) is 0 Å². The summed E-state index contributed by atoms with van der Waals surface area (Å²) in [5, 5.41) is 7.88. The number of hydrogen-bond acceptors (Lipinski definition) is 4. The molecule has 1 aliphatic carbocycles. The first-order valence-electron chi connectivity index (χ1n) is 8.06. The summed E-state index contributed by atoms with van der Waals surface area (Å²) in [7, 11) is 0. The van der Waals surface area contributed by atoms with E-state index in [1.807, 2.05) is 17.7 Å². The predicted octanol–water partition coefficient (Wildman–Crippen LogP) is 3.16. The molecule has 1 aromatic carbocycles. The van der Waals surface area contributed by atoms with Gasteiger partial charge in [-0.05, 0) is 31.7 Å². The lowest BCUT2D eigenvalue weighted by Gasteiger charge is -2.34. The number of allylic oxidation sites excluding steroid dienone is 2. The first kappa shape index (κ1) is 14.2. The van der Waals surface area contributed by atoms with Crippen LogP contribution in [0.5, 0.6) is 0 Å². The van der Waals surface area contributed by atoms with Gasteiger partial charge in [-0.2, -0.15) is 10.1 Å². The number of ketones is 1. The van der Waals surface area contributed by atoms with Gasteiger partial charge in [-0.15, -0.1) is 0 Å². The Morgan fingerprint density at radius 3 is 2.87 bits per heavy atom. The Kier molecular flexibility index (Phi) is 3.11. The number of rotatable bonds is 1. The maximum atomic E-state index is 12.8. The minimum Gasteiger partial charge on any atom is -0.328 e. The monoisotopic (exact) mass is 308 g/mol. The highest BCUT2D eigenvalue weighted by Crippen LogP contribution is 2.41. The Labute approximate surface area is 135 Å². The Balaban J connectivity index is 1.93. The number of Topliss-reactive ketones (excluding diaryl/α,β-unsaturated/α-hetero) is 1. The molecule has 1 aromatic heterocycles. The SMILES string of the molecule is Cc1cccc([C@H]2C3=C(C[C@@H](C)CC3=O)Nc3nc(C)nn32)c1. The highest BCUT2D eigenvalue weighted by Gasteiger charge is 2.38. The van der Waals surface area contributed by atoms with Gasteiger partial charge in [-0.1, -0.05) is 36.8 Å². The Bertz CT molecular complexity index is 833. The third-order valence-corrected chi connectivity index (χ3v) is 4.59. The minimum absolute atomic E-state index is 0.178. The molecule has 0 saturated heterocycles. The van der Waals surface area contributed by atoms with Crippen LogP contribution in [-0.2, 0) is 4.79 Å². The molecule has 0 bridgehead atoms. The molecule has 4 rings (SSSR count). The van der Waals surface area contributed by atoms with Crippen LogP contribution in [-0.4, -0.2) is 20.5 Å². The Hall–Kier alpha value is -2.43. The third kappa shape index (κ3) is 2.27. The van der Waals surface area contributed by atoms with Crippen molar-refractivity contribution in [1.82, 2.24) is 14.8 Å². The number of aromatic nitrogens is 3. The number of nitrogens with zero attached hydrogens (tertiary/aromatic N) is 3. The van der Waals surface area contributed by atoms with Gasteiger partial charge in [0.05, 0.1) is 0 Å². The van der Waals surface area contributed by atoms with Gasteiger partial charge in [-0.3, -0.25) is 4.79 Å². The molecule has 2 heterocycles. The molecule has 0 amide bonds. The summed E-state index contributed by atoms with van der Waals surface area (Å²) in [6, 6.07) is 8.12. The van der Waals surface area contributed by atoms with Crippen molar-refractivity contribution in [3.05, 3.63) is 52.5 Å². The summed E-state index contributed by atoms with van der Waals surface area (Å²) >= 11 is 0. The molecule has 0 unspecified atom stereocenters. The fourth-order valence-corrected chi connectivity index (χ4v) is 3.66. The molecular formula is C18H20N4O. The van der Waals surface area contributed by atoms with Crippen LogP contribution >= 0.6 is 0 Å². The summed E-state index contributed by atoms with van der Waals surface area (Å²) in [5.74, 6) is 2.03. The van der Waals surface area contributed by atoms with Crippen LogP contribution in [0.3, 0.4) is 0 Å². The fraction of sp³-hybridized carbons (Fsp3) is 0.389. The first-order chi connectivity index (χ1) is 11.0. The van der Waals surface area contributed by atoms with Crippen molar-refractivity contribution < 1.29 is 4.79 Å².